The van der Waals surface area contributed by atoms with Gasteiger partial charge in [0.05, 0.1) is 43.0 Å². The summed E-state index contributed by atoms with van der Waals surface area (Å²) in [5.74, 6) is -0.299. The highest BCUT2D eigenvalue weighted by atomic mass is 16.7. The summed E-state index contributed by atoms with van der Waals surface area (Å²) in [7, 11) is 0. The summed E-state index contributed by atoms with van der Waals surface area (Å²) in [6.07, 6.45) is -0.313. The van der Waals surface area contributed by atoms with Crippen LogP contribution in [0.4, 0.5) is 0 Å². The van der Waals surface area contributed by atoms with Gasteiger partial charge in [-0.2, -0.15) is 0 Å². The van der Waals surface area contributed by atoms with Crippen LogP contribution in [0.15, 0.2) is 58.3 Å². The maximum atomic E-state index is 9.21. The molecule has 2 aliphatic rings. The molecule has 10 atom stereocenters. The summed E-state index contributed by atoms with van der Waals surface area (Å²) in [6.45, 7) is 10.1. The Hall–Kier alpha value is -3.23. The van der Waals surface area contributed by atoms with Crippen LogP contribution in [-0.2, 0) is 20.8 Å². The van der Waals surface area contributed by atoms with E-state index in [9.17, 15) is 5.53 Å². The number of hydrogen-bond donors (Lipinski definition) is 0. The normalized spacial score (nSPS) is 36.7. The molecule has 0 radical (unpaired) electrons. The van der Waals surface area contributed by atoms with Crippen molar-refractivity contribution >= 4 is 0 Å². The van der Waals surface area contributed by atoms with Crippen LogP contribution in [0.1, 0.15) is 32.8 Å². The topological polar surface area (TPSA) is 174 Å². The van der Waals surface area contributed by atoms with Crippen LogP contribution in [-0.4, -0.2) is 42.7 Å². The second-order valence-electron chi connectivity index (χ2n) is 9.12. The highest BCUT2D eigenvalue weighted by Gasteiger charge is 2.48. The molecule has 186 valence electrons. The van der Waals surface area contributed by atoms with E-state index in [4.69, 9.17) is 25.3 Å². The molecule has 4 unspecified atom stereocenters. The van der Waals surface area contributed by atoms with Gasteiger partial charge in [-0.15, -0.1) is 6.58 Å². The second kappa shape index (κ2) is 12.5. The van der Waals surface area contributed by atoms with Crippen LogP contribution in [0.2, 0.25) is 0 Å². The van der Waals surface area contributed by atoms with Crippen LogP contribution < -0.4 is 0 Å². The molecule has 1 saturated heterocycles. The smallest absolute Gasteiger partial charge is 0.167 e. The fourth-order valence-corrected chi connectivity index (χ4v) is 4.98. The zero-order chi connectivity index (χ0) is 25.4. The Labute approximate surface area is 204 Å². The first-order valence-corrected chi connectivity index (χ1v) is 11.7. The third kappa shape index (κ3) is 6.07. The Bertz CT molecular complexity index is 1000. The molecule has 12 heteroatoms. The Balaban J connectivity index is 1.89. The average Bonchev–Trinajstić information content (AvgIpc) is 2.86. The molecule has 0 spiro atoms. The van der Waals surface area contributed by atoms with Gasteiger partial charge in [0.2, 0.25) is 0 Å². The maximum absolute atomic E-state index is 9.21. The molecule has 35 heavy (non-hydrogen) atoms. The van der Waals surface area contributed by atoms with Crippen molar-refractivity contribution in [1.29, 1.82) is 0 Å². The van der Waals surface area contributed by atoms with E-state index in [2.05, 4.69) is 36.7 Å². The van der Waals surface area contributed by atoms with E-state index in [0.29, 0.717) is 6.61 Å². The first-order chi connectivity index (χ1) is 16.9. The van der Waals surface area contributed by atoms with Crippen molar-refractivity contribution in [3.05, 3.63) is 79.9 Å². The van der Waals surface area contributed by atoms with E-state index in [1.165, 1.54) is 0 Å². The Morgan fingerprint density at radius 1 is 0.943 bits per heavy atom. The molecule has 3 rings (SSSR count). The molecule has 1 heterocycles. The lowest BCUT2D eigenvalue weighted by Crippen LogP contribution is -2.56. The number of nitrogens with zero attached hydrogens (tertiary/aromatic N) is 9. The summed E-state index contributed by atoms with van der Waals surface area (Å²) in [6, 6.07) is 7.91. The van der Waals surface area contributed by atoms with Gasteiger partial charge in [-0.1, -0.05) is 72.5 Å². The van der Waals surface area contributed by atoms with Crippen molar-refractivity contribution in [3.8, 4) is 0 Å². The Morgan fingerprint density at radius 2 is 1.57 bits per heavy atom. The van der Waals surface area contributed by atoms with Crippen LogP contribution in [0, 0.1) is 17.8 Å². The molecule has 1 saturated carbocycles. The van der Waals surface area contributed by atoms with Crippen LogP contribution in [0.5, 0.6) is 0 Å². The van der Waals surface area contributed by atoms with Gasteiger partial charge in [-0.3, -0.25) is 0 Å². The largest absolute Gasteiger partial charge is 0.373 e. The SMILES string of the molecule is C=CC1OC(O[C@@H]2C(N=[N+]=[N-])CC(N=[N+]=[N-])[C@@H](OCc3ccccc3)[C@H]2C)[C@@H](N=[N+]=[N-])[C@@H](C)[C@@H]1C. The first kappa shape index (κ1) is 26.4. The monoisotopic (exact) mass is 481 g/mol. The molecule has 12 nitrogen and oxygen atoms in total. The highest BCUT2D eigenvalue weighted by Crippen LogP contribution is 2.39. The molecule has 0 amide bonds. The predicted molar refractivity (Wildman–Crippen MR) is 130 cm³/mol. The summed E-state index contributed by atoms with van der Waals surface area (Å²) in [5.41, 5.74) is 28.5. The molecule has 1 aliphatic heterocycles. The fourth-order valence-electron chi connectivity index (χ4n) is 4.98. The van der Waals surface area contributed by atoms with Crippen molar-refractivity contribution in [2.75, 3.05) is 0 Å². The number of benzene rings is 1. The van der Waals surface area contributed by atoms with E-state index >= 15 is 0 Å². The second-order valence-corrected chi connectivity index (χ2v) is 9.12. The Kier molecular flexibility index (Phi) is 9.39. The molecule has 0 N–H and O–H groups in total. The molecule has 1 aromatic carbocycles. The molecule has 0 aromatic heterocycles. The van der Waals surface area contributed by atoms with E-state index in [0.717, 1.165) is 5.56 Å². The van der Waals surface area contributed by atoms with Gasteiger partial charge in [0.25, 0.3) is 0 Å². The van der Waals surface area contributed by atoms with Gasteiger partial charge < -0.3 is 14.2 Å². The number of hydrogen-bond acceptors (Lipinski definition) is 6. The van der Waals surface area contributed by atoms with Crippen LogP contribution >= 0.6 is 0 Å². The summed E-state index contributed by atoms with van der Waals surface area (Å²) in [4.78, 5) is 8.99. The fraction of sp³-hybridized carbons (Fsp3) is 0.652. The number of ether oxygens (including phenoxy) is 3. The standard InChI is InChI=1S/C23H31N9O3/c1-5-19-13(2)14(3)20(29-32-26)23(34-19)35-22-15(4)21(33-12-16-9-7-6-8-10-16)17(27-30-24)11-18(22)28-31-25/h5-10,13-15,17-23H,1,11-12H2,2-4H3/t13-,14-,15+,17?,18?,19?,20-,21-,22-,23?/m0/s1. The van der Waals surface area contributed by atoms with Crippen molar-refractivity contribution < 1.29 is 14.2 Å². The highest BCUT2D eigenvalue weighted by molar-refractivity contribution is 5.13. The van der Waals surface area contributed by atoms with Crippen molar-refractivity contribution in [1.82, 2.24) is 0 Å². The van der Waals surface area contributed by atoms with Gasteiger partial charge >= 0.3 is 0 Å². The minimum atomic E-state index is -0.866. The van der Waals surface area contributed by atoms with Crippen molar-refractivity contribution in [2.45, 2.75) is 76.5 Å². The molecular weight excluding hydrogens is 450 g/mol. The number of rotatable bonds is 9. The van der Waals surface area contributed by atoms with Gasteiger partial charge in [0.1, 0.15) is 0 Å². The third-order valence-corrected chi connectivity index (χ3v) is 7.13. The van der Waals surface area contributed by atoms with Gasteiger partial charge in [-0.25, -0.2) is 0 Å². The van der Waals surface area contributed by atoms with Gasteiger partial charge in [-0.05, 0) is 40.4 Å². The molecule has 0 bridgehead atoms. The molecule has 1 aromatic rings. The summed E-state index contributed by atoms with van der Waals surface area (Å²) < 4.78 is 18.8. The minimum absolute atomic E-state index is 0.0365. The lowest BCUT2D eigenvalue weighted by atomic mass is 9.78. The first-order valence-electron chi connectivity index (χ1n) is 11.7. The molecular formula is C23H31N9O3. The Morgan fingerprint density at radius 3 is 2.17 bits per heavy atom. The van der Waals surface area contributed by atoms with Crippen molar-refractivity contribution in [3.63, 3.8) is 0 Å². The summed E-state index contributed by atoms with van der Waals surface area (Å²) >= 11 is 0. The lowest BCUT2D eigenvalue weighted by Gasteiger charge is -2.47. The number of azide groups is 3. The van der Waals surface area contributed by atoms with Crippen molar-refractivity contribution in [2.24, 2.45) is 33.1 Å². The van der Waals surface area contributed by atoms with Gasteiger partial charge in [0, 0.05) is 20.7 Å². The van der Waals surface area contributed by atoms with Gasteiger partial charge in [0.15, 0.2) is 6.29 Å². The summed E-state index contributed by atoms with van der Waals surface area (Å²) in [5, 5.41) is 11.8. The maximum Gasteiger partial charge on any atom is 0.167 e. The quantitative estimate of drug-likeness (QED) is 0.176. The van der Waals surface area contributed by atoms with E-state index in [-0.39, 0.29) is 30.3 Å². The predicted octanol–water partition coefficient (Wildman–Crippen LogP) is 6.22. The van der Waals surface area contributed by atoms with E-state index < -0.39 is 36.6 Å². The van der Waals surface area contributed by atoms with E-state index in [1.807, 2.05) is 51.1 Å². The lowest BCUT2D eigenvalue weighted by molar-refractivity contribution is -0.256. The minimum Gasteiger partial charge on any atom is -0.373 e. The molecule has 1 aliphatic carbocycles. The van der Waals surface area contributed by atoms with Crippen LogP contribution in [0.3, 0.4) is 0 Å². The average molecular weight is 482 g/mol. The molecule has 2 fully saturated rings. The third-order valence-electron chi connectivity index (χ3n) is 7.13. The zero-order valence-electron chi connectivity index (χ0n) is 20.1. The van der Waals surface area contributed by atoms with Crippen LogP contribution in [0.25, 0.3) is 31.3 Å². The van der Waals surface area contributed by atoms with E-state index in [1.54, 1.807) is 6.08 Å². The zero-order valence-corrected chi connectivity index (χ0v) is 20.1.